The number of carbonyl (C=O) groups is 3. The largest absolute Gasteiger partial charge is 0.588 e. The summed E-state index contributed by atoms with van der Waals surface area (Å²) in [7, 11) is -3.88. The summed E-state index contributed by atoms with van der Waals surface area (Å²) in [6, 6.07) is 10.4. The third kappa shape index (κ3) is 5.04. The van der Waals surface area contributed by atoms with Gasteiger partial charge in [-0.3, -0.25) is 29.1 Å². The van der Waals surface area contributed by atoms with Crippen molar-refractivity contribution < 1.29 is 28.3 Å². The number of aromatic nitrogens is 2. The van der Waals surface area contributed by atoms with Crippen LogP contribution in [0.15, 0.2) is 62.9 Å². The van der Waals surface area contributed by atoms with Crippen LogP contribution in [0.2, 0.25) is 0 Å². The van der Waals surface area contributed by atoms with E-state index in [2.05, 4.69) is 20.3 Å². The number of sulfonamides is 1. The number of phenolic OH excluding ortho intramolecular Hbond substituents is 1. The lowest BCUT2D eigenvalue weighted by molar-refractivity contribution is -0.135. The summed E-state index contributed by atoms with van der Waals surface area (Å²) in [5.74, 6) is -1.96. The van der Waals surface area contributed by atoms with E-state index in [0.29, 0.717) is 0 Å². The fourth-order valence-electron chi connectivity index (χ4n) is 4.32. The van der Waals surface area contributed by atoms with Gasteiger partial charge in [-0.05, 0) is 55.1 Å². The number of nitrogens with one attached hydrogen (secondary N) is 3. The van der Waals surface area contributed by atoms with Crippen molar-refractivity contribution in [3.63, 3.8) is 0 Å². The van der Waals surface area contributed by atoms with Crippen LogP contribution in [0.25, 0.3) is 10.9 Å². The Morgan fingerprint density at radius 1 is 1.21 bits per heavy atom. The van der Waals surface area contributed by atoms with E-state index in [1.165, 1.54) is 54.0 Å². The molecule has 0 radical (unpaired) electrons. The second kappa shape index (κ2) is 10.1. The second-order valence-electron chi connectivity index (χ2n) is 8.73. The first kappa shape index (κ1) is 26.2. The number of para-hydroxylation sites is 1. The molecule has 4 aromatic rings. The van der Waals surface area contributed by atoms with E-state index in [1.54, 1.807) is 11.4 Å². The molecule has 5 rings (SSSR count). The molecule has 0 spiro atoms. The molecule has 39 heavy (non-hydrogen) atoms. The molecule has 2 aromatic heterocycles. The highest BCUT2D eigenvalue weighted by Crippen LogP contribution is 2.29. The van der Waals surface area contributed by atoms with Crippen molar-refractivity contribution in [2.45, 2.75) is 30.0 Å². The summed E-state index contributed by atoms with van der Waals surface area (Å²) >= 11 is 1.03. The molecule has 3 heterocycles. The number of phenols is 1. The summed E-state index contributed by atoms with van der Waals surface area (Å²) < 4.78 is 28.8. The Bertz CT molecular complexity index is 1750. The minimum Gasteiger partial charge on any atom is -0.588 e. The monoisotopic (exact) mass is 567 g/mol. The molecular formula is C25H21N5O7S2. The number of nitrogens with zero attached hydrogens (tertiary/aromatic N) is 2. The van der Waals surface area contributed by atoms with Crippen molar-refractivity contribution in [2.24, 2.45) is 0 Å². The number of aryl methyl sites for hydroxylation is 1. The predicted molar refractivity (Wildman–Crippen MR) is 143 cm³/mol. The predicted octanol–water partition coefficient (Wildman–Crippen LogP) is 2.72. The third-order valence-electron chi connectivity index (χ3n) is 6.13. The average Bonchev–Trinajstić information content (AvgIpc) is 3.43. The summed E-state index contributed by atoms with van der Waals surface area (Å²) in [6.07, 6.45) is 0.239. The number of thiophene rings is 1. The highest BCUT2D eigenvalue weighted by molar-refractivity contribution is 8.00. The normalized spacial score (nSPS) is 16.9. The first-order chi connectivity index (χ1) is 18.5. The second-order valence-corrected chi connectivity index (χ2v) is 11.6. The highest BCUT2D eigenvalue weighted by atomic mass is 32.3. The molecule has 1 aliphatic rings. The number of benzene rings is 2. The molecule has 2 unspecified atom stereocenters. The van der Waals surface area contributed by atoms with E-state index in [4.69, 9.17) is 0 Å². The number of hydrogen-bond donors (Lipinski definition) is 4. The van der Waals surface area contributed by atoms with Crippen LogP contribution in [0.5, 0.6) is 5.75 Å². The van der Waals surface area contributed by atoms with Crippen molar-refractivity contribution in [1.29, 1.82) is 0 Å². The van der Waals surface area contributed by atoms with E-state index >= 15 is 0 Å². The molecular weight excluding hydrogens is 546 g/mol. The van der Waals surface area contributed by atoms with Gasteiger partial charge in [0, 0.05) is 12.5 Å². The molecule has 0 saturated carbocycles. The maximum atomic E-state index is 13.4. The van der Waals surface area contributed by atoms with E-state index in [-0.39, 0.29) is 50.7 Å². The van der Waals surface area contributed by atoms with Crippen LogP contribution in [0.4, 0.5) is 11.4 Å². The number of aromatic hydroxyl groups is 1. The Balaban J connectivity index is 1.46. The van der Waals surface area contributed by atoms with Crippen LogP contribution < -0.4 is 20.9 Å². The molecule has 200 valence electrons. The lowest BCUT2D eigenvalue weighted by Gasteiger charge is -2.24. The van der Waals surface area contributed by atoms with Gasteiger partial charge in [-0.25, -0.2) is 9.71 Å². The van der Waals surface area contributed by atoms with Gasteiger partial charge < -0.3 is 15.0 Å². The number of carbonyl (C=O) groups excluding carboxylic acids is 3. The van der Waals surface area contributed by atoms with E-state index in [0.717, 1.165) is 11.3 Å². The maximum Gasteiger partial charge on any atom is 0.262 e. The quantitative estimate of drug-likeness (QED) is 0.156. The van der Waals surface area contributed by atoms with Crippen molar-refractivity contribution in [3.8, 4) is 5.75 Å². The van der Waals surface area contributed by atoms with Crippen molar-refractivity contribution in [1.82, 2.24) is 14.9 Å². The number of piperidine rings is 1. The summed E-state index contributed by atoms with van der Waals surface area (Å²) in [5, 5.41) is 16.9. The molecule has 1 fully saturated rings. The van der Waals surface area contributed by atoms with Gasteiger partial charge in [-0.2, -0.15) is 0 Å². The number of imide groups is 1. The lowest BCUT2D eigenvalue weighted by atomic mass is 10.1. The third-order valence-corrected chi connectivity index (χ3v) is 8.91. The van der Waals surface area contributed by atoms with Crippen LogP contribution in [-0.4, -0.2) is 36.9 Å². The zero-order chi connectivity index (χ0) is 27.9. The minimum absolute atomic E-state index is 0.0605. The van der Waals surface area contributed by atoms with Crippen LogP contribution in [0, 0.1) is 6.92 Å². The summed E-state index contributed by atoms with van der Waals surface area (Å²) in [5.41, 5.74) is -0.351. The average molecular weight is 568 g/mol. The number of anilines is 2. The molecule has 1 saturated heterocycles. The van der Waals surface area contributed by atoms with Gasteiger partial charge in [0.25, 0.3) is 11.5 Å². The van der Waals surface area contributed by atoms with Gasteiger partial charge in [-0.1, -0.05) is 21.6 Å². The summed E-state index contributed by atoms with van der Waals surface area (Å²) in [6.45, 7) is 1.54. The van der Waals surface area contributed by atoms with Gasteiger partial charge in [0.1, 0.15) is 23.1 Å². The molecule has 12 nitrogen and oxygen atoms in total. The van der Waals surface area contributed by atoms with Gasteiger partial charge in [0.2, 0.25) is 16.0 Å². The SMILES string of the molecule is Cc1nc2c(NC(=O)c3cc(N[S+](=O)([O-])c4cccs4)ccc3O)cccc2c(=O)n1C1CCC(=O)NC1=O. The standard InChI is InChI=1S/C25H21N5O7S2/c1-13-26-22-15(25(35)30(13)18-8-10-20(32)28-24(18)34)4-2-5-17(22)27-23(33)16-12-14(7-9-19(16)31)29-39(36,37)21-6-3-11-38-21/h2-7,9,11-12,18H,8,10H2,1H3,(H4-,27,28,29,31,32,33,34,36,37). The molecule has 1 aliphatic heterocycles. The zero-order valence-electron chi connectivity index (χ0n) is 20.3. The Morgan fingerprint density at radius 3 is 2.72 bits per heavy atom. The smallest absolute Gasteiger partial charge is 0.262 e. The van der Waals surface area contributed by atoms with Gasteiger partial charge >= 0.3 is 0 Å². The molecule has 3 amide bonds. The lowest BCUT2D eigenvalue weighted by Crippen LogP contribution is -2.45. The van der Waals surface area contributed by atoms with Crippen molar-refractivity contribution in [3.05, 3.63) is 75.7 Å². The number of amides is 3. The van der Waals surface area contributed by atoms with Crippen LogP contribution in [0.3, 0.4) is 0 Å². The first-order valence-corrected chi connectivity index (χ1v) is 14.0. The first-order valence-electron chi connectivity index (χ1n) is 11.6. The Labute approximate surface area is 226 Å². The fraction of sp³-hybridized carbons (Fsp3) is 0.160. The summed E-state index contributed by atoms with van der Waals surface area (Å²) in [4.78, 5) is 54.9. The number of hydrogen-bond acceptors (Lipinski definition) is 9. The Hall–Kier alpha value is -4.40. The topological polar surface area (TPSA) is 183 Å². The zero-order valence-corrected chi connectivity index (χ0v) is 21.9. The molecule has 2 atom stereocenters. The maximum absolute atomic E-state index is 13.4. The minimum atomic E-state index is -3.88. The van der Waals surface area contributed by atoms with Gasteiger partial charge in [0.05, 0.1) is 22.3 Å². The van der Waals surface area contributed by atoms with Crippen LogP contribution in [-0.2, 0) is 24.2 Å². The molecule has 2 aromatic carbocycles. The molecule has 4 N–H and O–H groups in total. The van der Waals surface area contributed by atoms with Gasteiger partial charge in [-0.15, -0.1) is 0 Å². The molecule has 14 heteroatoms. The van der Waals surface area contributed by atoms with Crippen molar-refractivity contribution >= 4 is 61.7 Å². The number of rotatable bonds is 6. The Kier molecular flexibility index (Phi) is 6.76. The van der Waals surface area contributed by atoms with Crippen molar-refractivity contribution in [2.75, 3.05) is 10.0 Å². The molecule has 0 bridgehead atoms. The van der Waals surface area contributed by atoms with Gasteiger partial charge in [0.15, 0.2) is 10.4 Å². The number of fused-ring (bicyclic) bond motifs is 1. The Morgan fingerprint density at radius 2 is 2.00 bits per heavy atom. The van der Waals surface area contributed by atoms with E-state index < -0.39 is 45.5 Å². The highest BCUT2D eigenvalue weighted by Gasteiger charge is 2.31. The molecule has 0 aliphatic carbocycles. The fourth-order valence-corrected chi connectivity index (χ4v) is 6.36. The van der Waals surface area contributed by atoms with Crippen LogP contribution >= 0.6 is 11.3 Å². The van der Waals surface area contributed by atoms with E-state index in [1.807, 2.05) is 0 Å². The van der Waals surface area contributed by atoms with Crippen LogP contribution in [0.1, 0.15) is 35.1 Å². The van der Waals surface area contributed by atoms with E-state index in [9.17, 15) is 33.0 Å².